The molecule has 1 atom stereocenters. The molecule has 1 aromatic rings. The Kier molecular flexibility index (Phi) is 7.03. The summed E-state index contributed by atoms with van der Waals surface area (Å²) in [4.78, 5) is 40.3. The molecular weight excluding hydrogens is 358 g/mol. The number of ether oxygens (including phenoxy) is 1. The zero-order valence-corrected chi connectivity index (χ0v) is 16.4. The third kappa shape index (κ3) is 5.32. The summed E-state index contributed by atoms with van der Waals surface area (Å²) in [5, 5.41) is 2.72. The van der Waals surface area contributed by atoms with Crippen LogP contribution in [0.2, 0.25) is 0 Å². The zero-order chi connectivity index (χ0) is 19.9. The molecule has 7 nitrogen and oxygen atoms in total. The highest BCUT2D eigenvalue weighted by molar-refractivity contribution is 5.92. The lowest BCUT2D eigenvalue weighted by Gasteiger charge is -2.37. The van der Waals surface area contributed by atoms with Gasteiger partial charge in [-0.05, 0) is 43.8 Å². The number of methoxy groups -OCH3 is 1. The lowest BCUT2D eigenvalue weighted by molar-refractivity contribution is -0.150. The summed E-state index contributed by atoms with van der Waals surface area (Å²) < 4.78 is 4.67. The molecule has 0 aliphatic carbocycles. The van der Waals surface area contributed by atoms with E-state index in [9.17, 15) is 14.4 Å². The van der Waals surface area contributed by atoms with Gasteiger partial charge in [0.05, 0.1) is 20.1 Å². The summed E-state index contributed by atoms with van der Waals surface area (Å²) in [6.45, 7) is 2.90. The highest BCUT2D eigenvalue weighted by atomic mass is 16.5. The molecule has 0 bridgehead atoms. The van der Waals surface area contributed by atoms with Crippen molar-refractivity contribution in [3.05, 3.63) is 35.9 Å². The molecule has 3 rings (SSSR count). The maximum absolute atomic E-state index is 12.8. The molecular formula is C21H29N3O4. The molecule has 2 fully saturated rings. The number of amides is 2. The van der Waals surface area contributed by atoms with Gasteiger partial charge in [-0.1, -0.05) is 30.3 Å². The fourth-order valence-electron chi connectivity index (χ4n) is 4.04. The summed E-state index contributed by atoms with van der Waals surface area (Å²) in [7, 11) is 1.29. The number of piperazine rings is 1. The third-order valence-electron chi connectivity index (χ3n) is 5.67. The van der Waals surface area contributed by atoms with E-state index >= 15 is 0 Å². The molecule has 0 radical (unpaired) electrons. The summed E-state index contributed by atoms with van der Waals surface area (Å²) in [5.41, 5.74) is 1.36. The van der Waals surface area contributed by atoms with E-state index in [1.54, 1.807) is 0 Å². The number of nitrogens with one attached hydrogen (secondary N) is 1. The molecule has 2 aliphatic rings. The topological polar surface area (TPSA) is 79.0 Å². The lowest BCUT2D eigenvalue weighted by atomic mass is 9.90. The zero-order valence-electron chi connectivity index (χ0n) is 16.4. The van der Waals surface area contributed by atoms with Crippen LogP contribution in [0.3, 0.4) is 0 Å². The Morgan fingerprint density at radius 2 is 1.86 bits per heavy atom. The minimum absolute atomic E-state index is 0.0923. The first-order valence-corrected chi connectivity index (χ1v) is 9.97. The second-order valence-electron chi connectivity index (χ2n) is 7.58. The van der Waals surface area contributed by atoms with E-state index in [0.29, 0.717) is 25.6 Å². The molecule has 0 spiro atoms. The van der Waals surface area contributed by atoms with Gasteiger partial charge < -0.3 is 15.0 Å². The van der Waals surface area contributed by atoms with Gasteiger partial charge in [0.1, 0.15) is 6.04 Å². The van der Waals surface area contributed by atoms with Crippen molar-refractivity contribution in [1.82, 2.24) is 15.1 Å². The third-order valence-corrected chi connectivity index (χ3v) is 5.67. The maximum atomic E-state index is 12.8. The van der Waals surface area contributed by atoms with Gasteiger partial charge >= 0.3 is 5.97 Å². The molecule has 2 aliphatic heterocycles. The number of nitrogens with zero attached hydrogens (tertiary/aromatic N) is 2. The first kappa shape index (κ1) is 20.3. The summed E-state index contributed by atoms with van der Waals surface area (Å²) >= 11 is 0. The molecule has 1 N–H and O–H groups in total. The second kappa shape index (κ2) is 9.68. The molecule has 0 unspecified atom stereocenters. The molecule has 0 saturated carbocycles. The largest absolute Gasteiger partial charge is 0.469 e. The van der Waals surface area contributed by atoms with Gasteiger partial charge in [0.2, 0.25) is 11.8 Å². The van der Waals surface area contributed by atoms with Crippen LogP contribution in [0.25, 0.3) is 0 Å². The van der Waals surface area contributed by atoms with Crippen LogP contribution in [0.4, 0.5) is 0 Å². The fraction of sp³-hybridized carbons (Fsp3) is 0.571. The summed E-state index contributed by atoms with van der Waals surface area (Å²) in [6, 6.07) is 9.73. The quantitative estimate of drug-likeness (QED) is 0.732. The van der Waals surface area contributed by atoms with Crippen molar-refractivity contribution in [3.63, 3.8) is 0 Å². The molecule has 7 heteroatoms. The monoisotopic (exact) mass is 387 g/mol. The molecule has 2 saturated heterocycles. The Morgan fingerprint density at radius 1 is 1.14 bits per heavy atom. The highest BCUT2D eigenvalue weighted by Crippen LogP contribution is 2.22. The van der Waals surface area contributed by atoms with E-state index in [0.717, 1.165) is 32.4 Å². The van der Waals surface area contributed by atoms with Gasteiger partial charge in [-0.25, -0.2) is 0 Å². The smallest absolute Gasteiger partial charge is 0.308 e. The van der Waals surface area contributed by atoms with E-state index in [2.05, 4.69) is 39.2 Å². The van der Waals surface area contributed by atoms with Crippen molar-refractivity contribution in [1.29, 1.82) is 0 Å². The number of esters is 1. The number of benzene rings is 1. The SMILES string of the molecule is COC(=O)C[C@@H]1C(=O)NCCN1C(=O)CN1CCC(Cc2ccccc2)CC1. The van der Waals surface area contributed by atoms with E-state index in [-0.39, 0.29) is 18.2 Å². The first-order chi connectivity index (χ1) is 13.6. The number of carbonyl (C=O) groups excluding carboxylic acids is 3. The Labute approximate surface area is 166 Å². The van der Waals surface area contributed by atoms with Gasteiger partial charge in [-0.3, -0.25) is 19.3 Å². The minimum Gasteiger partial charge on any atom is -0.469 e. The van der Waals surface area contributed by atoms with Crippen LogP contribution < -0.4 is 5.32 Å². The normalized spacial score (nSPS) is 21.2. The van der Waals surface area contributed by atoms with Crippen molar-refractivity contribution >= 4 is 17.8 Å². The Morgan fingerprint density at radius 3 is 2.54 bits per heavy atom. The van der Waals surface area contributed by atoms with Crippen LogP contribution in [0.5, 0.6) is 0 Å². The Bertz CT molecular complexity index is 686. The van der Waals surface area contributed by atoms with Gasteiger partial charge in [-0.15, -0.1) is 0 Å². The molecule has 2 amide bonds. The standard InChI is InChI=1S/C21H29N3O4/c1-28-20(26)14-18-21(27)22-9-12-24(18)19(25)15-23-10-7-17(8-11-23)13-16-5-3-2-4-6-16/h2-6,17-18H,7-15H2,1H3,(H,22,27)/t18-/m1/s1. The minimum atomic E-state index is -0.774. The number of hydrogen-bond donors (Lipinski definition) is 1. The lowest BCUT2D eigenvalue weighted by Crippen LogP contribution is -2.59. The number of hydrogen-bond acceptors (Lipinski definition) is 5. The van der Waals surface area contributed by atoms with Gasteiger partial charge in [0.15, 0.2) is 0 Å². The number of likely N-dealkylation sites (tertiary alicyclic amines) is 1. The maximum Gasteiger partial charge on any atom is 0.308 e. The van der Waals surface area contributed by atoms with Crippen LogP contribution in [-0.2, 0) is 25.5 Å². The van der Waals surface area contributed by atoms with Crippen LogP contribution in [0.1, 0.15) is 24.8 Å². The van der Waals surface area contributed by atoms with Crippen LogP contribution in [0, 0.1) is 5.92 Å². The number of piperidine rings is 1. The molecule has 28 heavy (non-hydrogen) atoms. The summed E-state index contributed by atoms with van der Waals surface area (Å²) in [6.07, 6.45) is 3.10. The van der Waals surface area contributed by atoms with E-state index in [1.165, 1.54) is 17.6 Å². The molecule has 152 valence electrons. The van der Waals surface area contributed by atoms with Crippen LogP contribution >= 0.6 is 0 Å². The van der Waals surface area contributed by atoms with E-state index in [1.807, 2.05) is 6.07 Å². The van der Waals surface area contributed by atoms with Crippen molar-refractivity contribution in [3.8, 4) is 0 Å². The number of carbonyl (C=O) groups is 3. The van der Waals surface area contributed by atoms with Crippen molar-refractivity contribution in [2.45, 2.75) is 31.7 Å². The summed E-state index contributed by atoms with van der Waals surface area (Å²) in [5.74, 6) is -0.222. The molecule has 0 aromatic heterocycles. The second-order valence-corrected chi connectivity index (χ2v) is 7.58. The molecule has 1 aromatic carbocycles. The van der Waals surface area contributed by atoms with Gasteiger partial charge in [0.25, 0.3) is 0 Å². The van der Waals surface area contributed by atoms with Crippen molar-refractivity contribution < 1.29 is 19.1 Å². The van der Waals surface area contributed by atoms with Gasteiger partial charge in [0, 0.05) is 13.1 Å². The average molecular weight is 387 g/mol. The van der Waals surface area contributed by atoms with Gasteiger partial charge in [-0.2, -0.15) is 0 Å². The highest BCUT2D eigenvalue weighted by Gasteiger charge is 2.35. The van der Waals surface area contributed by atoms with E-state index < -0.39 is 12.0 Å². The van der Waals surface area contributed by atoms with Crippen LogP contribution in [-0.4, -0.2) is 73.5 Å². The Balaban J connectivity index is 1.50. The van der Waals surface area contributed by atoms with E-state index in [4.69, 9.17) is 0 Å². The first-order valence-electron chi connectivity index (χ1n) is 9.97. The predicted octanol–water partition coefficient (Wildman–Crippen LogP) is 0.831. The molecule has 2 heterocycles. The van der Waals surface area contributed by atoms with Crippen molar-refractivity contribution in [2.24, 2.45) is 5.92 Å². The number of rotatable bonds is 6. The predicted molar refractivity (Wildman–Crippen MR) is 104 cm³/mol. The Hall–Kier alpha value is -2.41. The average Bonchev–Trinajstić information content (AvgIpc) is 2.71. The van der Waals surface area contributed by atoms with Crippen molar-refractivity contribution in [2.75, 3.05) is 39.8 Å². The fourth-order valence-corrected chi connectivity index (χ4v) is 4.04. The van der Waals surface area contributed by atoms with Crippen LogP contribution in [0.15, 0.2) is 30.3 Å².